The Morgan fingerprint density at radius 3 is 2.68 bits per heavy atom. The van der Waals surface area contributed by atoms with Crippen molar-refractivity contribution in [3.63, 3.8) is 0 Å². The highest BCUT2D eigenvalue weighted by molar-refractivity contribution is 5.94. The van der Waals surface area contributed by atoms with Crippen LogP contribution in [0.2, 0.25) is 0 Å². The van der Waals surface area contributed by atoms with Gasteiger partial charge in [0.2, 0.25) is 0 Å². The van der Waals surface area contributed by atoms with Gasteiger partial charge in [0.05, 0.1) is 6.04 Å². The number of piperidine rings is 1. The number of carbonyl (C=O) groups is 1. The molecule has 4 atom stereocenters. The summed E-state index contributed by atoms with van der Waals surface area (Å²) < 4.78 is 11.2. The second-order valence-electron chi connectivity index (χ2n) is 11.2. The molecule has 3 aliphatic rings. The van der Waals surface area contributed by atoms with Gasteiger partial charge in [-0.15, -0.1) is 0 Å². The van der Waals surface area contributed by atoms with Crippen LogP contribution < -0.4 is 10.6 Å². The summed E-state index contributed by atoms with van der Waals surface area (Å²) in [4.78, 5) is 24.3. The summed E-state index contributed by atoms with van der Waals surface area (Å²) in [5, 5.41) is 7.28. The Morgan fingerprint density at radius 1 is 1.08 bits per heavy atom. The minimum atomic E-state index is -0.184. The van der Waals surface area contributed by atoms with E-state index in [0.29, 0.717) is 23.6 Å². The number of carbonyl (C=O) groups excluding carboxylic acids is 1. The van der Waals surface area contributed by atoms with Crippen molar-refractivity contribution in [3.05, 3.63) is 53.5 Å². The van der Waals surface area contributed by atoms with Crippen molar-refractivity contribution in [1.82, 2.24) is 20.2 Å². The zero-order chi connectivity index (χ0) is 26.3. The van der Waals surface area contributed by atoms with Gasteiger partial charge in [0.1, 0.15) is 17.8 Å². The summed E-state index contributed by atoms with van der Waals surface area (Å²) in [5.74, 6) is 2.01. The second kappa shape index (κ2) is 13.0. The number of nitrogens with one attached hydrogen (secondary N) is 2. The minimum Gasteiger partial charge on any atom is -0.369 e. The predicted molar refractivity (Wildman–Crippen MR) is 148 cm³/mol. The van der Waals surface area contributed by atoms with Gasteiger partial charge in [0, 0.05) is 45.0 Å². The highest BCUT2D eigenvalue weighted by Crippen LogP contribution is 2.36. The van der Waals surface area contributed by atoms with E-state index in [-0.39, 0.29) is 18.2 Å². The van der Waals surface area contributed by atoms with Crippen molar-refractivity contribution >= 4 is 11.7 Å². The molecule has 2 aromatic rings. The molecule has 1 saturated carbocycles. The number of methoxy groups -OCH3 is 1. The van der Waals surface area contributed by atoms with E-state index in [2.05, 4.69) is 50.9 Å². The lowest BCUT2D eigenvalue weighted by Gasteiger charge is -2.38. The van der Waals surface area contributed by atoms with Crippen LogP contribution in [-0.2, 0) is 9.47 Å². The fraction of sp³-hybridized carbons (Fsp3) is 0.633. The maximum Gasteiger partial charge on any atom is 0.272 e. The summed E-state index contributed by atoms with van der Waals surface area (Å²) >= 11 is 0. The smallest absolute Gasteiger partial charge is 0.272 e. The fourth-order valence-corrected chi connectivity index (χ4v) is 6.44. The third kappa shape index (κ3) is 6.53. The molecule has 2 saturated heterocycles. The quantitative estimate of drug-likeness (QED) is 0.528. The maximum absolute atomic E-state index is 13.4. The van der Waals surface area contributed by atoms with E-state index in [1.165, 1.54) is 37.6 Å². The van der Waals surface area contributed by atoms with Crippen LogP contribution in [0.15, 0.2) is 36.7 Å². The van der Waals surface area contributed by atoms with Gasteiger partial charge in [-0.25, -0.2) is 9.97 Å². The number of ether oxygens (including phenoxy) is 2. The Balaban J connectivity index is 1.13. The molecule has 2 aliphatic heterocycles. The van der Waals surface area contributed by atoms with Crippen LogP contribution in [-0.4, -0.2) is 72.5 Å². The van der Waals surface area contributed by atoms with E-state index in [0.717, 1.165) is 63.3 Å². The second-order valence-corrected chi connectivity index (χ2v) is 11.2. The molecule has 8 nitrogen and oxygen atoms in total. The zero-order valence-corrected chi connectivity index (χ0v) is 22.9. The lowest BCUT2D eigenvalue weighted by Crippen LogP contribution is -2.53. The number of hydrogen-bond acceptors (Lipinski definition) is 7. The lowest BCUT2D eigenvalue weighted by atomic mass is 9.78. The molecule has 3 unspecified atom stereocenters. The molecule has 5 rings (SSSR count). The van der Waals surface area contributed by atoms with Gasteiger partial charge in [0.25, 0.3) is 5.91 Å². The fourth-order valence-electron chi connectivity index (χ4n) is 6.44. The van der Waals surface area contributed by atoms with Gasteiger partial charge in [-0.3, -0.25) is 4.79 Å². The summed E-state index contributed by atoms with van der Waals surface area (Å²) in [6.07, 6.45) is 10.2. The molecule has 1 aromatic carbocycles. The lowest BCUT2D eigenvalue weighted by molar-refractivity contribution is -0.164. The van der Waals surface area contributed by atoms with Crippen LogP contribution in [0.25, 0.3) is 0 Å². The molecule has 38 heavy (non-hydrogen) atoms. The Hall–Kier alpha value is -2.55. The molecule has 0 radical (unpaired) electrons. The molecule has 3 fully saturated rings. The largest absolute Gasteiger partial charge is 0.369 e. The third-order valence-corrected chi connectivity index (χ3v) is 8.63. The van der Waals surface area contributed by atoms with E-state index >= 15 is 0 Å². The number of hydrogen-bond donors (Lipinski definition) is 2. The first kappa shape index (κ1) is 27.0. The molecule has 206 valence electrons. The standard InChI is InChI=1S/C30H43N5O3/c1-21-27(29(36)35-15-13-25(14-16-35)34-26-12-7-17-38-30(26)37-2)32-20-33-28(21)31-19-22-8-6-11-24(18-22)23-9-4-3-5-10-23/h3-5,9-10,20,22,24-26,30,34H,6-8,11-19H2,1-2H3,(H,31,32,33)/t22?,24-,26?,30?/m1/s1. The topological polar surface area (TPSA) is 88.6 Å². The first-order valence-electron chi connectivity index (χ1n) is 14.4. The van der Waals surface area contributed by atoms with Gasteiger partial charge in [-0.05, 0) is 69.3 Å². The maximum atomic E-state index is 13.4. The Kier molecular flexibility index (Phi) is 9.25. The summed E-state index contributed by atoms with van der Waals surface area (Å²) in [6, 6.07) is 11.5. The molecule has 0 spiro atoms. The van der Waals surface area contributed by atoms with E-state index in [9.17, 15) is 4.79 Å². The van der Waals surface area contributed by atoms with E-state index in [4.69, 9.17) is 9.47 Å². The number of rotatable bonds is 8. The van der Waals surface area contributed by atoms with Gasteiger partial charge in [-0.2, -0.15) is 0 Å². The van der Waals surface area contributed by atoms with Gasteiger partial charge in [0.15, 0.2) is 6.29 Å². The summed E-state index contributed by atoms with van der Waals surface area (Å²) in [7, 11) is 1.70. The molecule has 1 aliphatic carbocycles. The molecule has 2 N–H and O–H groups in total. The molecular formula is C30H43N5O3. The van der Waals surface area contributed by atoms with Crippen molar-refractivity contribution < 1.29 is 14.3 Å². The summed E-state index contributed by atoms with van der Waals surface area (Å²) in [6.45, 7) is 5.03. The highest BCUT2D eigenvalue weighted by atomic mass is 16.7. The van der Waals surface area contributed by atoms with E-state index < -0.39 is 0 Å². The average Bonchev–Trinajstić information content (AvgIpc) is 2.97. The van der Waals surface area contributed by atoms with Crippen molar-refractivity contribution in [2.24, 2.45) is 5.92 Å². The van der Waals surface area contributed by atoms with Crippen LogP contribution in [0, 0.1) is 12.8 Å². The Bertz CT molecular complexity index is 1040. The number of likely N-dealkylation sites (tertiary alicyclic amines) is 1. The van der Waals surface area contributed by atoms with Gasteiger partial charge in [-0.1, -0.05) is 36.8 Å². The molecule has 1 aromatic heterocycles. The van der Waals surface area contributed by atoms with Crippen molar-refractivity contribution in [1.29, 1.82) is 0 Å². The number of anilines is 1. The van der Waals surface area contributed by atoms with Crippen molar-refractivity contribution in [3.8, 4) is 0 Å². The third-order valence-electron chi connectivity index (χ3n) is 8.63. The molecular weight excluding hydrogens is 478 g/mol. The van der Waals surface area contributed by atoms with Crippen LogP contribution in [0.1, 0.15) is 78.9 Å². The number of amides is 1. The van der Waals surface area contributed by atoms with E-state index in [1.807, 2.05) is 11.8 Å². The van der Waals surface area contributed by atoms with E-state index in [1.54, 1.807) is 7.11 Å². The van der Waals surface area contributed by atoms with Crippen LogP contribution in [0.4, 0.5) is 5.82 Å². The number of aromatic nitrogens is 2. The Morgan fingerprint density at radius 2 is 1.89 bits per heavy atom. The zero-order valence-electron chi connectivity index (χ0n) is 22.9. The first-order valence-corrected chi connectivity index (χ1v) is 14.4. The van der Waals surface area contributed by atoms with Crippen LogP contribution in [0.3, 0.4) is 0 Å². The van der Waals surface area contributed by atoms with Crippen LogP contribution in [0.5, 0.6) is 0 Å². The Labute approximate surface area is 226 Å². The monoisotopic (exact) mass is 521 g/mol. The van der Waals surface area contributed by atoms with Gasteiger partial charge >= 0.3 is 0 Å². The SMILES string of the molecule is COC1OCCCC1NC1CCN(C(=O)c2ncnc(NCC3CCC[C@@H](c4ccccc4)C3)c2C)CC1. The molecule has 0 bridgehead atoms. The average molecular weight is 522 g/mol. The number of benzene rings is 1. The van der Waals surface area contributed by atoms with Crippen molar-refractivity contribution in [2.75, 3.05) is 38.7 Å². The molecule has 3 heterocycles. The van der Waals surface area contributed by atoms with Gasteiger partial charge < -0.3 is 25.0 Å². The van der Waals surface area contributed by atoms with Crippen molar-refractivity contribution in [2.45, 2.75) is 82.6 Å². The molecule has 8 heteroatoms. The first-order chi connectivity index (χ1) is 18.6. The van der Waals surface area contributed by atoms with Crippen LogP contribution >= 0.6 is 0 Å². The highest BCUT2D eigenvalue weighted by Gasteiger charge is 2.31. The predicted octanol–water partition coefficient (Wildman–Crippen LogP) is 4.52. The number of nitrogens with zero attached hydrogens (tertiary/aromatic N) is 3. The summed E-state index contributed by atoms with van der Waals surface area (Å²) in [5.41, 5.74) is 2.81. The minimum absolute atomic E-state index is 0.00368. The molecule has 1 amide bonds. The normalized spacial score (nSPS) is 26.7.